The molecule has 0 bridgehead atoms. The highest BCUT2D eigenvalue weighted by atomic mass is 79.9. The van der Waals surface area contributed by atoms with Crippen LogP contribution in [0.4, 0.5) is 0 Å². The van der Waals surface area contributed by atoms with Crippen LogP contribution in [0.25, 0.3) is 0 Å². The van der Waals surface area contributed by atoms with Crippen molar-refractivity contribution < 1.29 is 4.79 Å². The van der Waals surface area contributed by atoms with Gasteiger partial charge in [0.15, 0.2) is 0 Å². The van der Waals surface area contributed by atoms with Crippen molar-refractivity contribution >= 4 is 21.8 Å². The molecule has 6 heteroatoms. The van der Waals surface area contributed by atoms with Gasteiger partial charge < -0.3 is 4.90 Å². The Kier molecular flexibility index (Phi) is 5.83. The summed E-state index contributed by atoms with van der Waals surface area (Å²) in [6, 6.07) is 7.31. The van der Waals surface area contributed by atoms with Crippen molar-refractivity contribution in [2.45, 2.75) is 12.8 Å². The molecule has 0 N–H and O–H groups in total. The molecule has 92 valence electrons. The fourth-order valence-electron chi connectivity index (χ4n) is 1.40. The lowest BCUT2D eigenvalue weighted by molar-refractivity contribution is 0.0761. The Balaban J connectivity index is 2.85. The highest BCUT2D eigenvalue weighted by Crippen LogP contribution is 2.15. The Bertz CT molecular complexity index is 486. The first-order valence-electron chi connectivity index (χ1n) is 5.34. The summed E-state index contributed by atoms with van der Waals surface area (Å²) in [7, 11) is 0. The van der Waals surface area contributed by atoms with Crippen molar-refractivity contribution in [3.05, 3.63) is 28.5 Å². The third-order valence-electron chi connectivity index (χ3n) is 2.26. The van der Waals surface area contributed by atoms with Gasteiger partial charge in [0.2, 0.25) is 0 Å². The first-order chi connectivity index (χ1) is 8.70. The standard InChI is InChI=1S/C12H11BrN4O/c13-11-10(4-1-7-16-11)12(18)17(8-2-5-14)9-3-6-15/h1,4,7H,2-3,8-9H2. The van der Waals surface area contributed by atoms with Gasteiger partial charge in [-0.2, -0.15) is 10.5 Å². The number of nitriles is 2. The molecule has 1 aromatic rings. The lowest BCUT2D eigenvalue weighted by Gasteiger charge is -2.20. The largest absolute Gasteiger partial charge is 0.336 e. The Labute approximate surface area is 114 Å². The van der Waals surface area contributed by atoms with Crippen LogP contribution in [-0.2, 0) is 0 Å². The van der Waals surface area contributed by atoms with Crippen LogP contribution >= 0.6 is 15.9 Å². The van der Waals surface area contributed by atoms with E-state index in [4.69, 9.17) is 10.5 Å². The van der Waals surface area contributed by atoms with Crippen molar-refractivity contribution in [3.8, 4) is 12.1 Å². The van der Waals surface area contributed by atoms with Gasteiger partial charge in [-0.1, -0.05) is 0 Å². The maximum absolute atomic E-state index is 12.2. The molecule has 0 saturated carbocycles. The van der Waals surface area contributed by atoms with E-state index in [-0.39, 0.29) is 18.7 Å². The number of nitrogens with zero attached hydrogens (tertiary/aromatic N) is 4. The Hall–Kier alpha value is -1.92. The van der Waals surface area contributed by atoms with Crippen molar-refractivity contribution in [3.63, 3.8) is 0 Å². The summed E-state index contributed by atoms with van der Waals surface area (Å²) >= 11 is 3.21. The monoisotopic (exact) mass is 306 g/mol. The van der Waals surface area contributed by atoms with E-state index >= 15 is 0 Å². The van der Waals surface area contributed by atoms with Crippen molar-refractivity contribution in [2.75, 3.05) is 13.1 Å². The summed E-state index contributed by atoms with van der Waals surface area (Å²) < 4.78 is 0.467. The van der Waals surface area contributed by atoms with E-state index in [2.05, 4.69) is 20.9 Å². The normalized spacial score (nSPS) is 9.28. The summed E-state index contributed by atoms with van der Waals surface area (Å²) in [6.45, 7) is 0.636. The molecule has 0 saturated heterocycles. The molecule has 1 heterocycles. The molecule has 1 amide bonds. The van der Waals surface area contributed by atoms with E-state index in [1.807, 2.05) is 12.1 Å². The van der Waals surface area contributed by atoms with Gasteiger partial charge in [0, 0.05) is 19.3 Å². The molecule has 0 unspecified atom stereocenters. The second-order valence-corrected chi connectivity index (χ2v) is 4.20. The Morgan fingerprint density at radius 1 is 1.33 bits per heavy atom. The average Bonchev–Trinajstić information content (AvgIpc) is 2.39. The highest BCUT2D eigenvalue weighted by Gasteiger charge is 2.17. The smallest absolute Gasteiger partial charge is 0.256 e. The summed E-state index contributed by atoms with van der Waals surface area (Å²) in [4.78, 5) is 17.7. The van der Waals surface area contributed by atoms with Gasteiger partial charge >= 0.3 is 0 Å². The second-order valence-electron chi connectivity index (χ2n) is 3.45. The van der Waals surface area contributed by atoms with Gasteiger partial charge in [-0.15, -0.1) is 0 Å². The molecule has 0 aliphatic carbocycles. The molecule has 1 rings (SSSR count). The SMILES string of the molecule is N#CCCN(CCC#N)C(=O)c1cccnc1Br. The Morgan fingerprint density at radius 3 is 2.44 bits per heavy atom. The molecule has 5 nitrogen and oxygen atoms in total. The molecule has 1 aromatic heterocycles. The second kappa shape index (κ2) is 7.41. The molecule has 0 atom stereocenters. The number of hydrogen-bond acceptors (Lipinski definition) is 4. The molecule has 0 fully saturated rings. The molecule has 0 aliphatic rings. The molecule has 18 heavy (non-hydrogen) atoms. The number of aromatic nitrogens is 1. The third kappa shape index (κ3) is 3.83. The number of carbonyl (C=O) groups excluding carboxylic acids is 1. The van der Waals surface area contributed by atoms with Gasteiger partial charge in [0.25, 0.3) is 5.91 Å². The van der Waals surface area contributed by atoms with Crippen molar-refractivity contribution in [1.82, 2.24) is 9.88 Å². The third-order valence-corrected chi connectivity index (χ3v) is 2.90. The fourth-order valence-corrected chi connectivity index (χ4v) is 1.82. The minimum absolute atomic E-state index is 0.222. The molecular formula is C12H11BrN4O. The van der Waals surface area contributed by atoms with E-state index in [0.717, 1.165) is 0 Å². The van der Waals surface area contributed by atoms with Crippen LogP contribution in [-0.4, -0.2) is 28.9 Å². The number of halogens is 1. The number of hydrogen-bond donors (Lipinski definition) is 0. The predicted octanol–water partition coefficient (Wildman–Crippen LogP) is 2.11. The van der Waals surface area contributed by atoms with Crippen LogP contribution in [0.2, 0.25) is 0 Å². The lowest BCUT2D eigenvalue weighted by atomic mass is 10.2. The number of pyridine rings is 1. The summed E-state index contributed by atoms with van der Waals surface area (Å²) in [5.41, 5.74) is 0.438. The lowest BCUT2D eigenvalue weighted by Crippen LogP contribution is -2.33. The summed E-state index contributed by atoms with van der Waals surface area (Å²) in [5.74, 6) is -0.222. The number of rotatable bonds is 5. The Morgan fingerprint density at radius 2 is 1.94 bits per heavy atom. The van der Waals surface area contributed by atoms with Crippen molar-refractivity contribution in [2.24, 2.45) is 0 Å². The summed E-state index contributed by atoms with van der Waals surface area (Å²) in [6.07, 6.45) is 2.07. The molecule has 0 aliphatic heterocycles. The average molecular weight is 307 g/mol. The van der Waals surface area contributed by atoms with E-state index < -0.39 is 0 Å². The van der Waals surface area contributed by atoms with E-state index in [1.54, 1.807) is 18.3 Å². The van der Waals surface area contributed by atoms with Crippen LogP contribution < -0.4 is 0 Å². The first kappa shape index (κ1) is 14.1. The minimum Gasteiger partial charge on any atom is -0.336 e. The van der Waals surface area contributed by atoms with Crippen LogP contribution in [0.15, 0.2) is 22.9 Å². The summed E-state index contributed by atoms with van der Waals surface area (Å²) in [5, 5.41) is 17.1. The van der Waals surface area contributed by atoms with Gasteiger partial charge in [0.1, 0.15) is 4.60 Å². The van der Waals surface area contributed by atoms with E-state index in [0.29, 0.717) is 23.3 Å². The number of carbonyl (C=O) groups is 1. The maximum Gasteiger partial charge on any atom is 0.256 e. The first-order valence-corrected chi connectivity index (χ1v) is 6.13. The molecule has 0 aromatic carbocycles. The highest BCUT2D eigenvalue weighted by molar-refractivity contribution is 9.10. The zero-order valence-corrected chi connectivity index (χ0v) is 11.2. The zero-order valence-electron chi connectivity index (χ0n) is 9.64. The zero-order chi connectivity index (χ0) is 13.4. The van der Waals surface area contributed by atoms with E-state index in [1.165, 1.54) is 4.90 Å². The van der Waals surface area contributed by atoms with Crippen LogP contribution in [0.3, 0.4) is 0 Å². The molecule has 0 spiro atoms. The topological polar surface area (TPSA) is 80.8 Å². The number of amides is 1. The van der Waals surface area contributed by atoms with Crippen LogP contribution in [0.5, 0.6) is 0 Å². The minimum atomic E-state index is -0.222. The predicted molar refractivity (Wildman–Crippen MR) is 68.3 cm³/mol. The molecule has 0 radical (unpaired) electrons. The van der Waals surface area contributed by atoms with Gasteiger partial charge in [-0.25, -0.2) is 4.98 Å². The van der Waals surface area contributed by atoms with Crippen LogP contribution in [0, 0.1) is 22.7 Å². The van der Waals surface area contributed by atoms with Gasteiger partial charge in [0.05, 0.1) is 30.5 Å². The quantitative estimate of drug-likeness (QED) is 0.780. The van der Waals surface area contributed by atoms with Gasteiger partial charge in [-0.3, -0.25) is 4.79 Å². The maximum atomic E-state index is 12.2. The molecular weight excluding hydrogens is 296 g/mol. The van der Waals surface area contributed by atoms with Gasteiger partial charge in [-0.05, 0) is 28.1 Å². The van der Waals surface area contributed by atoms with Crippen LogP contribution in [0.1, 0.15) is 23.2 Å². The van der Waals surface area contributed by atoms with E-state index in [9.17, 15) is 4.79 Å². The fraction of sp³-hybridized carbons (Fsp3) is 0.333. The van der Waals surface area contributed by atoms with Crippen molar-refractivity contribution in [1.29, 1.82) is 10.5 Å².